The summed E-state index contributed by atoms with van der Waals surface area (Å²) in [6.07, 6.45) is 2.64. The van der Waals surface area contributed by atoms with Crippen LogP contribution in [0.3, 0.4) is 0 Å². The van der Waals surface area contributed by atoms with E-state index in [1.165, 1.54) is 12.6 Å². The Morgan fingerprint density at radius 2 is 1.44 bits per heavy atom. The van der Waals surface area contributed by atoms with Crippen molar-refractivity contribution in [3.63, 3.8) is 0 Å². The minimum atomic E-state index is 0. The minimum absolute atomic E-state index is 0. The third kappa shape index (κ3) is 8.77. The molecule has 1 atom stereocenters. The van der Waals surface area contributed by atoms with Crippen LogP contribution in [0.2, 0.25) is 0 Å². The first-order valence-electron chi connectivity index (χ1n) is 5.38. The van der Waals surface area contributed by atoms with E-state index in [-0.39, 0.29) is 59.1 Å². The molecule has 1 aromatic carbocycles. The molecule has 1 aromatic rings. The molecule has 0 heterocycles. The van der Waals surface area contributed by atoms with E-state index in [1.807, 2.05) is 0 Å². The number of hydrogen-bond acceptors (Lipinski definition) is 0. The summed E-state index contributed by atoms with van der Waals surface area (Å²) < 4.78 is 0. The number of benzene rings is 1. The van der Waals surface area contributed by atoms with Crippen LogP contribution >= 0.6 is 7.92 Å². The third-order valence-electron chi connectivity index (χ3n) is 2.32. The normalized spacial score (nSPS) is 10.9. The van der Waals surface area contributed by atoms with Gasteiger partial charge in [-0.3, -0.25) is 0 Å². The second-order valence-electron chi connectivity index (χ2n) is 4.66. The van der Waals surface area contributed by atoms with Crippen LogP contribution in [0.25, 0.3) is 0 Å². The van der Waals surface area contributed by atoms with Gasteiger partial charge in [0.1, 0.15) is 0 Å². The summed E-state index contributed by atoms with van der Waals surface area (Å²) in [5, 5.41) is 1.99. The van der Waals surface area contributed by atoms with E-state index in [4.69, 9.17) is 0 Å². The molecule has 106 valence electrons. The molecule has 0 aliphatic carbocycles. The van der Waals surface area contributed by atoms with E-state index >= 15 is 0 Å². The van der Waals surface area contributed by atoms with Crippen molar-refractivity contribution >= 4 is 37.1 Å². The Labute approximate surface area is 139 Å². The molecule has 0 aliphatic heterocycles. The molecule has 1 unspecified atom stereocenters. The fraction of sp³-hybridized carbons (Fsp3) is 0.600. The fourth-order valence-corrected chi connectivity index (χ4v) is 4.37. The molecule has 0 spiro atoms. The zero-order valence-corrected chi connectivity index (χ0v) is 15.1. The molecule has 3 heteroatoms. The van der Waals surface area contributed by atoms with Crippen molar-refractivity contribution in [2.24, 2.45) is 0 Å². The summed E-state index contributed by atoms with van der Waals surface area (Å²) in [5.41, 5.74) is 0. The Morgan fingerprint density at radius 3 is 1.78 bits per heavy atom. The molecule has 0 nitrogen and oxygen atoms in total. The van der Waals surface area contributed by atoms with E-state index in [2.05, 4.69) is 58.0 Å². The largest absolute Gasteiger partial charge is 1.00 e. The zero-order chi connectivity index (χ0) is 10.6. The van der Waals surface area contributed by atoms with Crippen molar-refractivity contribution in [2.45, 2.75) is 54.1 Å². The predicted molar refractivity (Wildman–Crippen MR) is 87.1 cm³/mol. The van der Waals surface area contributed by atoms with Crippen molar-refractivity contribution in [3.8, 4) is 0 Å². The monoisotopic (exact) mass is 395 g/mol. The number of hydrogen-bond donors (Lipinski definition) is 0. The molecule has 0 N–H and O–H groups in total. The maximum absolute atomic E-state index is 2.36. The second kappa shape index (κ2) is 12.8. The fourth-order valence-electron chi connectivity index (χ4n) is 1.68. The maximum Gasteiger partial charge on any atom is 0 e. The van der Waals surface area contributed by atoms with E-state index in [0.29, 0.717) is 5.16 Å². The van der Waals surface area contributed by atoms with Crippen molar-refractivity contribution in [3.05, 3.63) is 30.3 Å². The quantitative estimate of drug-likeness (QED) is 0.543. The Kier molecular flexibility index (Phi) is 19.2. The van der Waals surface area contributed by atoms with Crippen LogP contribution < -0.4 is 17.7 Å². The molecule has 0 amide bonds. The van der Waals surface area contributed by atoms with Crippen LogP contribution in [0.4, 0.5) is 0 Å². The average Bonchev–Trinajstić information content (AvgIpc) is 2.14. The number of rotatable bonds is 3. The van der Waals surface area contributed by atoms with Gasteiger partial charge < -0.3 is 12.4 Å². The Morgan fingerprint density at radius 1 is 1.00 bits per heavy atom. The molecule has 0 aromatic heterocycles. The topological polar surface area (TPSA) is 0 Å². The first-order valence-corrected chi connectivity index (χ1v) is 6.91. The van der Waals surface area contributed by atoms with Crippen molar-refractivity contribution in [2.75, 3.05) is 6.16 Å². The molecule has 18 heavy (non-hydrogen) atoms. The van der Waals surface area contributed by atoms with E-state index in [0.717, 1.165) is 0 Å². The van der Waals surface area contributed by atoms with Gasteiger partial charge in [0.05, 0.1) is 0 Å². The van der Waals surface area contributed by atoms with Gasteiger partial charge in [0.25, 0.3) is 0 Å². The minimum Gasteiger partial charge on any atom is -1.00 e. The SMILES string of the molecule is C.C.CCCP(c1ccccc1)C(C)(C)C.[Cl-].[Sn]. The summed E-state index contributed by atoms with van der Waals surface area (Å²) in [7, 11) is 0.00309. The summed E-state index contributed by atoms with van der Waals surface area (Å²) in [5.74, 6) is 0. The molecular formula is C15H29ClPSn-. The van der Waals surface area contributed by atoms with Crippen LogP contribution in [0.15, 0.2) is 30.3 Å². The summed E-state index contributed by atoms with van der Waals surface area (Å²) in [4.78, 5) is 0. The molecular weight excluding hydrogens is 365 g/mol. The van der Waals surface area contributed by atoms with Gasteiger partial charge in [-0.2, -0.15) is 0 Å². The van der Waals surface area contributed by atoms with Crippen LogP contribution in [-0.2, 0) is 0 Å². The van der Waals surface area contributed by atoms with Crippen molar-refractivity contribution in [1.29, 1.82) is 0 Å². The third-order valence-corrected chi connectivity index (χ3v) is 5.76. The molecule has 0 saturated heterocycles. The van der Waals surface area contributed by atoms with E-state index in [9.17, 15) is 0 Å². The molecule has 0 aliphatic rings. The standard InChI is InChI=1S/C13H21P.2CH4.ClH.Sn/c1-5-11-14(13(2,3)4)12-9-7-6-8-10-12;;;;/h6-10H,5,11H2,1-4H3;2*1H4;1H;/p-1. The molecule has 4 radical (unpaired) electrons. The van der Waals surface area contributed by atoms with Gasteiger partial charge in [-0.1, -0.05) is 87.2 Å². The smallest absolute Gasteiger partial charge is 0 e. The molecule has 0 bridgehead atoms. The molecule has 0 fully saturated rings. The molecule has 1 rings (SSSR count). The van der Waals surface area contributed by atoms with Gasteiger partial charge in [-0.05, 0) is 16.6 Å². The zero-order valence-electron chi connectivity index (χ0n) is 10.6. The number of halogens is 1. The van der Waals surface area contributed by atoms with Gasteiger partial charge in [-0.15, -0.1) is 0 Å². The Balaban J connectivity index is -0.000000245. The van der Waals surface area contributed by atoms with E-state index < -0.39 is 0 Å². The maximum atomic E-state index is 2.36. The van der Waals surface area contributed by atoms with Gasteiger partial charge >= 0.3 is 0 Å². The van der Waals surface area contributed by atoms with Gasteiger partial charge in [0.15, 0.2) is 0 Å². The van der Waals surface area contributed by atoms with E-state index in [1.54, 1.807) is 5.30 Å². The predicted octanol–water partition coefficient (Wildman–Crippen LogP) is 1.90. The van der Waals surface area contributed by atoms with Crippen LogP contribution in [0.5, 0.6) is 0 Å². The average molecular weight is 395 g/mol. The Hall–Kier alpha value is 0.739. The van der Waals surface area contributed by atoms with Gasteiger partial charge in [0.2, 0.25) is 0 Å². The Bertz CT molecular complexity index is 270. The first-order chi connectivity index (χ1) is 6.55. The van der Waals surface area contributed by atoms with Crippen LogP contribution in [-0.4, -0.2) is 35.2 Å². The second-order valence-corrected chi connectivity index (χ2v) is 7.82. The summed E-state index contributed by atoms with van der Waals surface area (Å²) >= 11 is 0. The van der Waals surface area contributed by atoms with Gasteiger partial charge in [0, 0.05) is 23.9 Å². The summed E-state index contributed by atoms with van der Waals surface area (Å²) in [6.45, 7) is 9.37. The van der Waals surface area contributed by atoms with Crippen molar-refractivity contribution in [1.82, 2.24) is 0 Å². The van der Waals surface area contributed by atoms with Crippen LogP contribution in [0, 0.1) is 0 Å². The van der Waals surface area contributed by atoms with Crippen LogP contribution in [0.1, 0.15) is 49.0 Å². The summed E-state index contributed by atoms with van der Waals surface area (Å²) in [6, 6.07) is 11.0. The molecule has 0 saturated carbocycles. The first kappa shape index (κ1) is 27.1. The van der Waals surface area contributed by atoms with Gasteiger partial charge in [-0.25, -0.2) is 0 Å². The van der Waals surface area contributed by atoms with Crippen molar-refractivity contribution < 1.29 is 12.4 Å².